The third-order valence-electron chi connectivity index (χ3n) is 2.91. The van der Waals surface area contributed by atoms with Crippen LogP contribution in [0.4, 0.5) is 0 Å². The van der Waals surface area contributed by atoms with Crippen molar-refractivity contribution in [2.45, 2.75) is 10.8 Å². The van der Waals surface area contributed by atoms with E-state index in [1.807, 2.05) is 34.6 Å². The number of carbonyl (C=O) groups is 2. The second-order valence-electron chi connectivity index (χ2n) is 4.64. The van der Waals surface area contributed by atoms with Gasteiger partial charge in [-0.3, -0.25) is 0 Å². The number of aromatic nitrogens is 5. The fourth-order valence-corrected chi connectivity index (χ4v) is 2.71. The lowest BCUT2D eigenvalue weighted by atomic mass is 10.5. The second-order valence-corrected chi connectivity index (χ2v) is 5.61. The molecule has 0 aliphatic carbocycles. The van der Waals surface area contributed by atoms with Crippen LogP contribution in [0.1, 0.15) is 5.82 Å². The van der Waals surface area contributed by atoms with Gasteiger partial charge in [0.05, 0.1) is 5.75 Å². The van der Waals surface area contributed by atoms with Crippen LogP contribution in [0.25, 0.3) is 5.65 Å². The fourth-order valence-electron chi connectivity index (χ4n) is 1.74. The van der Waals surface area contributed by atoms with E-state index in [-0.39, 0.29) is 0 Å². The predicted octanol–water partition coefficient (Wildman–Crippen LogP) is 1.47. The van der Waals surface area contributed by atoms with Crippen molar-refractivity contribution in [3.8, 4) is 0 Å². The first-order valence-electron chi connectivity index (χ1n) is 6.98. The Bertz CT molecular complexity index is 886. The van der Waals surface area contributed by atoms with E-state index in [1.165, 1.54) is 0 Å². The molecule has 0 saturated carbocycles. The Hall–Kier alpha value is -3.14. The lowest BCUT2D eigenvalue weighted by molar-refractivity contribution is -0.134. The number of nitrogens with zero attached hydrogens (tertiary/aromatic N) is 5. The number of aryl methyl sites for hydroxylation is 1. The Morgan fingerprint density at radius 3 is 2.20 bits per heavy atom. The van der Waals surface area contributed by atoms with Crippen LogP contribution in [0, 0.1) is 0 Å². The molecule has 0 aliphatic rings. The van der Waals surface area contributed by atoms with Crippen molar-refractivity contribution in [2.24, 2.45) is 7.05 Å². The van der Waals surface area contributed by atoms with Crippen LogP contribution in [0.15, 0.2) is 54.4 Å². The topological polar surface area (TPSA) is 123 Å². The number of aliphatic carboxylic acids is 2. The van der Waals surface area contributed by atoms with E-state index < -0.39 is 11.9 Å². The van der Waals surface area contributed by atoms with Gasteiger partial charge in [-0.2, -0.15) is 0 Å². The second kappa shape index (κ2) is 8.64. The smallest absolute Gasteiger partial charge is 0.328 e. The quantitative estimate of drug-likeness (QED) is 0.517. The van der Waals surface area contributed by atoms with Crippen molar-refractivity contribution >= 4 is 29.3 Å². The molecular formula is C15H15N5O4S. The van der Waals surface area contributed by atoms with Gasteiger partial charge in [-0.15, -0.1) is 0 Å². The number of rotatable bonds is 5. The first kappa shape index (κ1) is 18.2. The SMILES string of the molecule is Cn1ccnc1CSc1nccn2ccnc12.O=C(O)/C=C\C(=O)O. The lowest BCUT2D eigenvalue weighted by Crippen LogP contribution is -1.96. The highest BCUT2D eigenvalue weighted by atomic mass is 32.2. The minimum Gasteiger partial charge on any atom is -0.478 e. The Labute approximate surface area is 146 Å². The summed E-state index contributed by atoms with van der Waals surface area (Å²) >= 11 is 1.65. The molecule has 3 heterocycles. The van der Waals surface area contributed by atoms with Crippen LogP contribution >= 0.6 is 11.8 Å². The molecule has 10 heteroatoms. The number of fused-ring (bicyclic) bond motifs is 1. The van der Waals surface area contributed by atoms with E-state index in [0.29, 0.717) is 12.2 Å². The van der Waals surface area contributed by atoms with Gasteiger partial charge in [-0.1, -0.05) is 11.8 Å². The minimum atomic E-state index is -1.26. The molecule has 25 heavy (non-hydrogen) atoms. The molecular weight excluding hydrogens is 346 g/mol. The van der Waals surface area contributed by atoms with E-state index in [1.54, 1.807) is 30.4 Å². The highest BCUT2D eigenvalue weighted by molar-refractivity contribution is 7.98. The molecule has 0 aromatic carbocycles. The Balaban J connectivity index is 0.000000242. The molecule has 2 N–H and O–H groups in total. The van der Waals surface area contributed by atoms with Crippen LogP contribution in [0.5, 0.6) is 0 Å². The van der Waals surface area contributed by atoms with E-state index in [2.05, 4.69) is 15.0 Å². The molecule has 9 nitrogen and oxygen atoms in total. The van der Waals surface area contributed by atoms with E-state index in [4.69, 9.17) is 10.2 Å². The maximum Gasteiger partial charge on any atom is 0.328 e. The Kier molecular flexibility index (Phi) is 6.29. The molecule has 0 bridgehead atoms. The summed E-state index contributed by atoms with van der Waals surface area (Å²) in [5.74, 6) is -0.687. The number of carboxylic acids is 2. The maximum absolute atomic E-state index is 9.55. The molecule has 130 valence electrons. The van der Waals surface area contributed by atoms with Gasteiger partial charge in [0.25, 0.3) is 0 Å². The first-order valence-corrected chi connectivity index (χ1v) is 7.96. The maximum atomic E-state index is 9.55. The van der Waals surface area contributed by atoms with Crippen molar-refractivity contribution in [3.05, 3.63) is 55.2 Å². The van der Waals surface area contributed by atoms with Gasteiger partial charge in [-0.05, 0) is 0 Å². The van der Waals surface area contributed by atoms with Gasteiger partial charge in [0.2, 0.25) is 0 Å². The summed E-state index contributed by atoms with van der Waals surface area (Å²) in [6, 6.07) is 0. The van der Waals surface area contributed by atoms with Gasteiger partial charge in [0.1, 0.15) is 10.9 Å². The van der Waals surface area contributed by atoms with Crippen LogP contribution < -0.4 is 0 Å². The van der Waals surface area contributed by atoms with Gasteiger partial charge in [0, 0.05) is 56.4 Å². The van der Waals surface area contributed by atoms with Crippen LogP contribution in [0.2, 0.25) is 0 Å². The summed E-state index contributed by atoms with van der Waals surface area (Å²) in [6.07, 6.45) is 12.2. The van der Waals surface area contributed by atoms with Crippen molar-refractivity contribution in [3.63, 3.8) is 0 Å². The molecule has 0 atom stereocenters. The molecule has 0 unspecified atom stereocenters. The molecule has 0 saturated heterocycles. The molecule has 0 aliphatic heterocycles. The molecule has 0 radical (unpaired) electrons. The standard InChI is InChI=1S/C11H11N5S.C4H4O4/c1-15-5-2-12-9(15)8-17-11-10-13-3-6-16(10)7-4-14-11;5-3(6)1-2-4(7)8/h2-7H,8H2,1H3;1-2H,(H,5,6)(H,7,8)/b;2-1-. The molecule has 3 aromatic rings. The number of imidazole rings is 2. The average molecular weight is 361 g/mol. The van der Waals surface area contributed by atoms with E-state index in [9.17, 15) is 9.59 Å². The highest BCUT2D eigenvalue weighted by Crippen LogP contribution is 2.22. The molecule has 0 amide bonds. The van der Waals surface area contributed by atoms with Crippen LogP contribution in [-0.2, 0) is 22.4 Å². The van der Waals surface area contributed by atoms with Gasteiger partial charge >= 0.3 is 11.9 Å². The van der Waals surface area contributed by atoms with Crippen molar-refractivity contribution < 1.29 is 19.8 Å². The third kappa shape index (κ3) is 5.46. The third-order valence-corrected chi connectivity index (χ3v) is 3.87. The number of hydrogen-bond donors (Lipinski definition) is 2. The zero-order chi connectivity index (χ0) is 18.2. The zero-order valence-corrected chi connectivity index (χ0v) is 14.0. The molecule has 0 fully saturated rings. The highest BCUT2D eigenvalue weighted by Gasteiger charge is 2.06. The van der Waals surface area contributed by atoms with Crippen molar-refractivity contribution in [2.75, 3.05) is 0 Å². The summed E-state index contributed by atoms with van der Waals surface area (Å²) in [4.78, 5) is 32.0. The monoisotopic (exact) mass is 361 g/mol. The largest absolute Gasteiger partial charge is 0.478 e. The summed E-state index contributed by atoms with van der Waals surface area (Å²) in [5.41, 5.74) is 0.895. The summed E-state index contributed by atoms with van der Waals surface area (Å²) < 4.78 is 3.98. The summed E-state index contributed by atoms with van der Waals surface area (Å²) in [6.45, 7) is 0. The molecule has 0 spiro atoms. The van der Waals surface area contributed by atoms with Crippen LogP contribution in [-0.4, -0.2) is 46.1 Å². The fraction of sp³-hybridized carbons (Fsp3) is 0.133. The van der Waals surface area contributed by atoms with Gasteiger partial charge in [0.15, 0.2) is 5.65 Å². The van der Waals surface area contributed by atoms with Gasteiger partial charge in [-0.25, -0.2) is 24.5 Å². The van der Waals surface area contributed by atoms with E-state index >= 15 is 0 Å². The first-order chi connectivity index (χ1) is 12.0. The Morgan fingerprint density at radius 1 is 1.04 bits per heavy atom. The normalized spacial score (nSPS) is 10.6. The number of hydrogen-bond acceptors (Lipinski definition) is 6. The van der Waals surface area contributed by atoms with E-state index in [0.717, 1.165) is 22.3 Å². The van der Waals surface area contributed by atoms with Crippen LogP contribution in [0.3, 0.4) is 0 Å². The van der Waals surface area contributed by atoms with Gasteiger partial charge < -0.3 is 19.2 Å². The zero-order valence-electron chi connectivity index (χ0n) is 13.2. The minimum absolute atomic E-state index is 0.558. The number of thioether (sulfide) groups is 1. The number of carboxylic acid groups (broad SMARTS) is 2. The predicted molar refractivity (Wildman–Crippen MR) is 90.2 cm³/mol. The molecule has 3 aromatic heterocycles. The van der Waals surface area contributed by atoms with Crippen molar-refractivity contribution in [1.82, 2.24) is 23.9 Å². The van der Waals surface area contributed by atoms with Crippen molar-refractivity contribution in [1.29, 1.82) is 0 Å². The Morgan fingerprint density at radius 2 is 1.64 bits per heavy atom. The summed E-state index contributed by atoms with van der Waals surface area (Å²) in [5, 5.41) is 16.6. The summed E-state index contributed by atoms with van der Waals surface area (Å²) in [7, 11) is 1.99. The molecule has 3 rings (SSSR count). The average Bonchev–Trinajstić information content (AvgIpc) is 3.20. The lowest BCUT2D eigenvalue weighted by Gasteiger charge is -2.02.